The standard InChI is InChI=1S/C11H8BrFO2/c12-8-3-7(4-9(13)5-8)11-6-10(14)1-2-15-11/h1-5,11H,6H2. The summed E-state index contributed by atoms with van der Waals surface area (Å²) in [4.78, 5) is 11.1. The number of hydrogen-bond donors (Lipinski definition) is 0. The molecular weight excluding hydrogens is 263 g/mol. The summed E-state index contributed by atoms with van der Waals surface area (Å²) < 4.78 is 19.0. The van der Waals surface area contributed by atoms with Gasteiger partial charge in [0.25, 0.3) is 0 Å². The largest absolute Gasteiger partial charge is 0.493 e. The maximum atomic E-state index is 13.1. The molecule has 0 saturated heterocycles. The molecule has 0 aliphatic carbocycles. The van der Waals surface area contributed by atoms with E-state index in [0.717, 1.165) is 0 Å². The second-order valence-electron chi connectivity index (χ2n) is 3.30. The van der Waals surface area contributed by atoms with E-state index in [4.69, 9.17) is 4.74 Å². The third kappa shape index (κ3) is 2.45. The van der Waals surface area contributed by atoms with Crippen LogP contribution in [0.2, 0.25) is 0 Å². The average molecular weight is 271 g/mol. The molecule has 15 heavy (non-hydrogen) atoms. The summed E-state index contributed by atoms with van der Waals surface area (Å²) in [5.74, 6) is -0.350. The molecule has 0 fully saturated rings. The van der Waals surface area contributed by atoms with E-state index in [2.05, 4.69) is 15.9 Å². The molecule has 1 aromatic carbocycles. The van der Waals surface area contributed by atoms with E-state index in [1.54, 1.807) is 6.07 Å². The molecule has 2 rings (SSSR count). The number of carbonyl (C=O) groups excluding carboxylic acids is 1. The van der Waals surface area contributed by atoms with Gasteiger partial charge in [-0.15, -0.1) is 0 Å². The van der Waals surface area contributed by atoms with Crippen LogP contribution < -0.4 is 0 Å². The molecule has 1 atom stereocenters. The van der Waals surface area contributed by atoms with Crippen molar-refractivity contribution in [2.75, 3.05) is 0 Å². The molecule has 0 radical (unpaired) electrons. The number of hydrogen-bond acceptors (Lipinski definition) is 2. The third-order valence-electron chi connectivity index (χ3n) is 2.14. The van der Waals surface area contributed by atoms with Gasteiger partial charge in [0.2, 0.25) is 0 Å². The van der Waals surface area contributed by atoms with Gasteiger partial charge in [-0.3, -0.25) is 4.79 Å². The van der Waals surface area contributed by atoms with Crippen LogP contribution >= 0.6 is 15.9 Å². The van der Waals surface area contributed by atoms with Crippen molar-refractivity contribution >= 4 is 21.7 Å². The lowest BCUT2D eigenvalue weighted by molar-refractivity contribution is -0.118. The zero-order valence-corrected chi connectivity index (χ0v) is 9.33. The molecule has 0 spiro atoms. The first kappa shape index (κ1) is 10.4. The summed E-state index contributed by atoms with van der Waals surface area (Å²) in [5, 5.41) is 0. The summed E-state index contributed by atoms with van der Waals surface area (Å²) in [6, 6.07) is 4.49. The highest BCUT2D eigenvalue weighted by atomic mass is 79.9. The Bertz CT molecular complexity index is 408. The Hall–Kier alpha value is -1.16. The number of carbonyl (C=O) groups is 1. The summed E-state index contributed by atoms with van der Waals surface area (Å²) in [6.07, 6.45) is 2.61. The van der Waals surface area contributed by atoms with Gasteiger partial charge in [-0.25, -0.2) is 4.39 Å². The Balaban J connectivity index is 2.29. The molecule has 1 aromatic rings. The van der Waals surface area contributed by atoms with Crippen LogP contribution in [0.25, 0.3) is 0 Å². The lowest BCUT2D eigenvalue weighted by atomic mass is 10.0. The third-order valence-corrected chi connectivity index (χ3v) is 2.60. The second kappa shape index (κ2) is 4.14. The number of ketones is 1. The molecule has 4 heteroatoms. The minimum atomic E-state index is -0.380. The van der Waals surface area contributed by atoms with E-state index in [9.17, 15) is 9.18 Å². The normalized spacial score (nSPS) is 20.1. The Morgan fingerprint density at radius 1 is 1.40 bits per heavy atom. The first-order valence-corrected chi connectivity index (χ1v) is 5.25. The highest BCUT2D eigenvalue weighted by Gasteiger charge is 2.19. The molecule has 1 aliphatic heterocycles. The van der Waals surface area contributed by atoms with Gasteiger partial charge >= 0.3 is 0 Å². The molecule has 0 saturated carbocycles. The zero-order valence-electron chi connectivity index (χ0n) is 7.74. The van der Waals surface area contributed by atoms with E-state index in [1.165, 1.54) is 24.5 Å². The minimum Gasteiger partial charge on any atom is -0.493 e. The van der Waals surface area contributed by atoms with Crippen molar-refractivity contribution in [3.05, 3.63) is 46.4 Å². The smallest absolute Gasteiger partial charge is 0.162 e. The van der Waals surface area contributed by atoms with Crippen molar-refractivity contribution in [3.63, 3.8) is 0 Å². The lowest BCUT2D eigenvalue weighted by Crippen LogP contribution is -2.11. The molecular formula is C11H8BrFO2. The number of benzene rings is 1. The Morgan fingerprint density at radius 3 is 2.87 bits per heavy atom. The highest BCUT2D eigenvalue weighted by Crippen LogP contribution is 2.28. The molecule has 0 N–H and O–H groups in total. The van der Waals surface area contributed by atoms with E-state index in [1.807, 2.05) is 0 Å². The van der Waals surface area contributed by atoms with Crippen molar-refractivity contribution in [1.29, 1.82) is 0 Å². The molecule has 78 valence electrons. The second-order valence-corrected chi connectivity index (χ2v) is 4.22. The zero-order chi connectivity index (χ0) is 10.8. The highest BCUT2D eigenvalue weighted by molar-refractivity contribution is 9.10. The van der Waals surface area contributed by atoms with Gasteiger partial charge in [-0.1, -0.05) is 15.9 Å². The molecule has 1 aliphatic rings. The van der Waals surface area contributed by atoms with E-state index in [0.29, 0.717) is 10.0 Å². The van der Waals surface area contributed by atoms with Crippen molar-refractivity contribution in [1.82, 2.24) is 0 Å². The first-order valence-electron chi connectivity index (χ1n) is 4.46. The molecule has 1 heterocycles. The minimum absolute atomic E-state index is 0.00775. The summed E-state index contributed by atoms with van der Waals surface area (Å²) >= 11 is 3.20. The molecule has 2 nitrogen and oxygen atoms in total. The molecule has 0 aromatic heterocycles. The Kier molecular flexibility index (Phi) is 2.86. The Labute approximate surface area is 94.9 Å². The fourth-order valence-electron chi connectivity index (χ4n) is 1.47. The molecule has 0 bridgehead atoms. The fourth-order valence-corrected chi connectivity index (χ4v) is 1.95. The number of halogens is 2. The summed E-state index contributed by atoms with van der Waals surface area (Å²) in [5.41, 5.74) is 0.666. The van der Waals surface area contributed by atoms with Crippen LogP contribution in [0.3, 0.4) is 0 Å². The van der Waals surface area contributed by atoms with Crippen LogP contribution in [0.5, 0.6) is 0 Å². The van der Waals surface area contributed by atoms with Gasteiger partial charge < -0.3 is 4.74 Å². The van der Waals surface area contributed by atoms with Gasteiger partial charge in [-0.2, -0.15) is 0 Å². The maximum Gasteiger partial charge on any atom is 0.162 e. The van der Waals surface area contributed by atoms with Gasteiger partial charge in [0.1, 0.15) is 11.9 Å². The van der Waals surface area contributed by atoms with Gasteiger partial charge in [0, 0.05) is 10.5 Å². The van der Waals surface area contributed by atoms with Crippen molar-refractivity contribution in [2.45, 2.75) is 12.5 Å². The van der Waals surface area contributed by atoms with Crippen LogP contribution in [0, 0.1) is 5.82 Å². The Morgan fingerprint density at radius 2 is 2.20 bits per heavy atom. The predicted octanol–water partition coefficient (Wildman–Crippen LogP) is 3.13. The number of ether oxygens (including phenoxy) is 1. The molecule has 1 unspecified atom stereocenters. The molecule has 0 amide bonds. The average Bonchev–Trinajstić information content (AvgIpc) is 2.16. The van der Waals surface area contributed by atoms with Crippen molar-refractivity contribution in [3.8, 4) is 0 Å². The predicted molar refractivity (Wildman–Crippen MR) is 56.7 cm³/mol. The van der Waals surface area contributed by atoms with Crippen LogP contribution in [0.4, 0.5) is 4.39 Å². The monoisotopic (exact) mass is 270 g/mol. The van der Waals surface area contributed by atoms with E-state index < -0.39 is 0 Å². The van der Waals surface area contributed by atoms with Gasteiger partial charge in [0.15, 0.2) is 5.78 Å². The number of allylic oxidation sites excluding steroid dienone is 1. The van der Waals surface area contributed by atoms with Gasteiger partial charge in [-0.05, 0) is 23.8 Å². The van der Waals surface area contributed by atoms with Crippen LogP contribution in [0.1, 0.15) is 18.1 Å². The summed E-state index contributed by atoms with van der Waals surface area (Å²) in [7, 11) is 0. The van der Waals surface area contributed by atoms with Gasteiger partial charge in [0.05, 0.1) is 12.7 Å². The van der Waals surface area contributed by atoms with Crippen LogP contribution in [-0.4, -0.2) is 5.78 Å². The van der Waals surface area contributed by atoms with Crippen molar-refractivity contribution in [2.24, 2.45) is 0 Å². The maximum absolute atomic E-state index is 13.1. The van der Waals surface area contributed by atoms with Crippen molar-refractivity contribution < 1.29 is 13.9 Å². The SMILES string of the molecule is O=C1C=COC(c2cc(F)cc(Br)c2)C1. The van der Waals surface area contributed by atoms with E-state index in [-0.39, 0.29) is 24.1 Å². The quantitative estimate of drug-likeness (QED) is 0.784. The van der Waals surface area contributed by atoms with Crippen LogP contribution in [0.15, 0.2) is 35.0 Å². The number of rotatable bonds is 1. The topological polar surface area (TPSA) is 26.3 Å². The van der Waals surface area contributed by atoms with Crippen LogP contribution in [-0.2, 0) is 9.53 Å². The fraction of sp³-hybridized carbons (Fsp3) is 0.182. The summed E-state index contributed by atoms with van der Waals surface area (Å²) in [6.45, 7) is 0. The lowest BCUT2D eigenvalue weighted by Gasteiger charge is -2.19. The first-order chi connectivity index (χ1) is 7.15. The van der Waals surface area contributed by atoms with E-state index >= 15 is 0 Å².